The number of aromatic nitrogens is 1. The van der Waals surface area contributed by atoms with E-state index in [-0.39, 0.29) is 0 Å². The van der Waals surface area contributed by atoms with Gasteiger partial charge in [-0.3, -0.25) is 0 Å². The van der Waals surface area contributed by atoms with Gasteiger partial charge in [-0.15, -0.1) is 11.6 Å². The van der Waals surface area contributed by atoms with Gasteiger partial charge in [-0.1, -0.05) is 6.07 Å². The third-order valence-electron chi connectivity index (χ3n) is 3.24. The molecule has 3 rings (SSSR count). The predicted molar refractivity (Wildman–Crippen MR) is 63.0 cm³/mol. The molecule has 1 nitrogen and oxygen atoms in total. The molecule has 1 radical (unpaired) electrons. The molecule has 2 aromatic heterocycles. The van der Waals surface area contributed by atoms with E-state index in [9.17, 15) is 0 Å². The van der Waals surface area contributed by atoms with Crippen LogP contribution in [0.5, 0.6) is 0 Å². The quantitative estimate of drug-likeness (QED) is 0.679. The summed E-state index contributed by atoms with van der Waals surface area (Å²) < 4.78 is 2.10. The summed E-state index contributed by atoms with van der Waals surface area (Å²) in [4.78, 5) is -0.434. The van der Waals surface area contributed by atoms with Gasteiger partial charge in [0.25, 0.3) is 0 Å². The maximum atomic E-state index is 6.55. The van der Waals surface area contributed by atoms with Crippen LogP contribution in [-0.2, 0) is 4.87 Å². The molecule has 0 N–H and O–H groups in total. The average Bonchev–Trinajstić information content (AvgIpc) is 2.98. The Hall–Kier alpha value is -0.950. The normalized spacial score (nSPS) is 20.4. The summed E-state index contributed by atoms with van der Waals surface area (Å²) in [7, 11) is 0. The maximum absolute atomic E-state index is 6.55. The van der Waals surface area contributed by atoms with Gasteiger partial charge in [-0.25, -0.2) is 0 Å². The monoisotopic (exact) mass is 218 g/mol. The Bertz CT molecular complexity index is 494. The van der Waals surface area contributed by atoms with Crippen LogP contribution < -0.4 is 0 Å². The van der Waals surface area contributed by atoms with E-state index in [1.807, 2.05) is 18.3 Å². The van der Waals surface area contributed by atoms with Crippen LogP contribution in [-0.4, -0.2) is 4.40 Å². The van der Waals surface area contributed by atoms with Crippen molar-refractivity contribution in [1.82, 2.24) is 4.40 Å². The first-order valence-corrected chi connectivity index (χ1v) is 5.68. The number of fused-ring (bicyclic) bond motifs is 1. The van der Waals surface area contributed by atoms with Gasteiger partial charge in [0.15, 0.2) is 0 Å². The summed E-state index contributed by atoms with van der Waals surface area (Å²) in [6, 6.07) is 8.25. The smallest absolute Gasteiger partial charge is 0.0744 e. The zero-order valence-electron chi connectivity index (χ0n) is 8.49. The third kappa shape index (κ3) is 1.37. The van der Waals surface area contributed by atoms with Crippen molar-refractivity contribution in [2.45, 2.75) is 17.7 Å². The number of halogens is 1. The Morgan fingerprint density at radius 1 is 1.27 bits per heavy atom. The number of alkyl halides is 1. The molecular weight excluding hydrogens is 206 g/mol. The van der Waals surface area contributed by atoms with E-state index < -0.39 is 4.87 Å². The summed E-state index contributed by atoms with van der Waals surface area (Å²) >= 11 is 6.55. The number of rotatable bonds is 2. The minimum atomic E-state index is -0.434. The molecule has 2 aromatic rings. The zero-order chi connectivity index (χ0) is 10.5. The highest BCUT2D eigenvalue weighted by molar-refractivity contribution is 6.25. The lowest BCUT2D eigenvalue weighted by molar-refractivity contribution is 0.652. The van der Waals surface area contributed by atoms with Crippen molar-refractivity contribution in [2.75, 3.05) is 0 Å². The van der Waals surface area contributed by atoms with E-state index in [4.69, 9.17) is 11.6 Å². The second-order valence-corrected chi connectivity index (χ2v) is 5.03. The molecule has 0 aliphatic heterocycles. The molecule has 15 heavy (non-hydrogen) atoms. The van der Waals surface area contributed by atoms with Crippen molar-refractivity contribution >= 4 is 17.1 Å². The fourth-order valence-corrected chi connectivity index (χ4v) is 2.54. The number of pyridine rings is 1. The van der Waals surface area contributed by atoms with Crippen molar-refractivity contribution in [2.24, 2.45) is 5.92 Å². The third-order valence-corrected chi connectivity index (χ3v) is 3.75. The van der Waals surface area contributed by atoms with E-state index in [0.29, 0.717) is 5.92 Å². The Morgan fingerprint density at radius 3 is 2.80 bits per heavy atom. The first-order chi connectivity index (χ1) is 7.19. The van der Waals surface area contributed by atoms with Gasteiger partial charge < -0.3 is 4.40 Å². The second kappa shape index (κ2) is 3.02. The molecule has 1 aliphatic carbocycles. The van der Waals surface area contributed by atoms with Crippen LogP contribution in [0.2, 0.25) is 0 Å². The topological polar surface area (TPSA) is 4.41 Å². The van der Waals surface area contributed by atoms with Gasteiger partial charge in [0.05, 0.1) is 4.87 Å². The van der Waals surface area contributed by atoms with Gasteiger partial charge in [0.2, 0.25) is 0 Å². The highest BCUT2D eigenvalue weighted by Crippen LogP contribution is 2.50. The molecule has 0 saturated heterocycles. The Balaban J connectivity index is 2.18. The maximum Gasteiger partial charge on any atom is 0.0744 e. The summed E-state index contributed by atoms with van der Waals surface area (Å²) in [5.74, 6) is 0.547. The molecule has 1 saturated carbocycles. The summed E-state index contributed by atoms with van der Waals surface area (Å²) in [5.41, 5.74) is 2.33. The molecule has 0 bridgehead atoms. The first kappa shape index (κ1) is 9.29. The summed E-state index contributed by atoms with van der Waals surface area (Å²) in [6.07, 6.45) is 6.50. The molecule has 2 heterocycles. The average molecular weight is 219 g/mol. The summed E-state index contributed by atoms with van der Waals surface area (Å²) in [5, 5.41) is 0. The second-order valence-electron chi connectivity index (χ2n) is 4.36. The molecular formula is C13H13ClN. The SMILES string of the molecule is [CH2]C(Cl)(c1ccn2ccccc12)C1CC1. The molecule has 77 valence electrons. The fourth-order valence-electron chi connectivity index (χ4n) is 2.17. The van der Waals surface area contributed by atoms with E-state index >= 15 is 0 Å². The predicted octanol–water partition coefficient (Wildman–Crippen LogP) is 3.62. The molecule has 1 atom stereocenters. The minimum Gasteiger partial charge on any atom is -0.324 e. The van der Waals surface area contributed by atoms with E-state index in [1.54, 1.807) is 0 Å². The molecule has 1 fully saturated rings. The summed E-state index contributed by atoms with van der Waals surface area (Å²) in [6.45, 7) is 4.18. The van der Waals surface area contributed by atoms with Gasteiger partial charge >= 0.3 is 0 Å². The Labute approximate surface area is 94.7 Å². The van der Waals surface area contributed by atoms with Gasteiger partial charge in [0.1, 0.15) is 0 Å². The van der Waals surface area contributed by atoms with Crippen LogP contribution in [0.25, 0.3) is 5.52 Å². The van der Waals surface area contributed by atoms with E-state index in [2.05, 4.69) is 29.7 Å². The highest BCUT2D eigenvalue weighted by atomic mass is 35.5. The van der Waals surface area contributed by atoms with E-state index in [1.165, 1.54) is 18.4 Å². The van der Waals surface area contributed by atoms with Crippen molar-refractivity contribution in [3.63, 3.8) is 0 Å². The van der Waals surface area contributed by atoms with Crippen LogP contribution >= 0.6 is 11.6 Å². The minimum absolute atomic E-state index is 0.434. The Morgan fingerprint density at radius 2 is 2.07 bits per heavy atom. The van der Waals surface area contributed by atoms with Crippen LogP contribution in [0.15, 0.2) is 36.7 Å². The van der Waals surface area contributed by atoms with E-state index in [0.717, 1.165) is 5.56 Å². The molecule has 0 amide bonds. The molecule has 1 aliphatic rings. The highest BCUT2D eigenvalue weighted by Gasteiger charge is 2.42. The van der Waals surface area contributed by atoms with Crippen LogP contribution in [0.3, 0.4) is 0 Å². The fraction of sp³-hybridized carbons (Fsp3) is 0.308. The van der Waals surface area contributed by atoms with Crippen molar-refractivity contribution in [3.8, 4) is 0 Å². The van der Waals surface area contributed by atoms with Crippen molar-refractivity contribution < 1.29 is 0 Å². The van der Waals surface area contributed by atoms with Gasteiger partial charge in [0, 0.05) is 17.9 Å². The van der Waals surface area contributed by atoms with Gasteiger partial charge in [-0.2, -0.15) is 0 Å². The molecule has 1 unspecified atom stereocenters. The lowest BCUT2D eigenvalue weighted by atomic mass is 9.96. The standard InChI is InChI=1S/C13H13ClN/c1-13(14,10-5-6-10)11-7-9-15-8-3-2-4-12(11)15/h2-4,7-10H,1,5-6H2. The van der Waals surface area contributed by atoms with Crippen LogP contribution in [0.1, 0.15) is 18.4 Å². The van der Waals surface area contributed by atoms with Gasteiger partial charge in [-0.05, 0) is 49.4 Å². The number of hydrogen-bond donors (Lipinski definition) is 0. The van der Waals surface area contributed by atoms with Crippen LogP contribution in [0.4, 0.5) is 0 Å². The Kier molecular flexibility index (Phi) is 1.87. The first-order valence-electron chi connectivity index (χ1n) is 5.30. The number of nitrogens with zero attached hydrogens (tertiary/aromatic N) is 1. The van der Waals surface area contributed by atoms with Crippen molar-refractivity contribution in [1.29, 1.82) is 0 Å². The van der Waals surface area contributed by atoms with Crippen LogP contribution in [0, 0.1) is 12.8 Å². The molecule has 0 spiro atoms. The molecule has 0 aromatic carbocycles. The lowest BCUT2D eigenvalue weighted by Crippen LogP contribution is -2.16. The number of hydrogen-bond acceptors (Lipinski definition) is 0. The molecule has 2 heteroatoms. The largest absolute Gasteiger partial charge is 0.324 e. The zero-order valence-corrected chi connectivity index (χ0v) is 9.24. The lowest BCUT2D eigenvalue weighted by Gasteiger charge is -2.21. The van der Waals surface area contributed by atoms with Crippen molar-refractivity contribution in [3.05, 3.63) is 49.1 Å².